The van der Waals surface area contributed by atoms with Crippen LogP contribution < -0.4 is 20.1 Å². The lowest BCUT2D eigenvalue weighted by Gasteiger charge is -2.21. The molecule has 176 valence electrons. The van der Waals surface area contributed by atoms with Gasteiger partial charge in [0.05, 0.1) is 6.10 Å². The summed E-state index contributed by atoms with van der Waals surface area (Å²) < 4.78 is 52.1. The van der Waals surface area contributed by atoms with E-state index >= 15 is 0 Å². The molecule has 0 amide bonds. The molecule has 0 bridgehead atoms. The molecule has 0 atom stereocenters. The zero-order valence-electron chi connectivity index (χ0n) is 19.1. The second-order valence-corrected chi connectivity index (χ2v) is 8.64. The molecule has 0 aliphatic rings. The number of halogens is 3. The van der Waals surface area contributed by atoms with Crippen molar-refractivity contribution < 1.29 is 22.6 Å². The largest absolute Gasteiger partial charge is 0.491 e. The van der Waals surface area contributed by atoms with Crippen LogP contribution in [0.5, 0.6) is 11.5 Å². The normalized spacial score (nSPS) is 11.9. The smallest absolute Gasteiger partial charge is 0.421 e. The molecule has 9 heteroatoms. The molecule has 1 aromatic heterocycles. The van der Waals surface area contributed by atoms with Crippen molar-refractivity contribution in [3.63, 3.8) is 0 Å². The molecule has 0 fully saturated rings. The number of alkyl halides is 3. The summed E-state index contributed by atoms with van der Waals surface area (Å²) in [6, 6.07) is 13.7. The molecule has 0 aliphatic carbocycles. The lowest BCUT2D eigenvalue weighted by molar-refractivity contribution is -0.137. The fourth-order valence-electron chi connectivity index (χ4n) is 2.89. The minimum atomic E-state index is -4.63. The van der Waals surface area contributed by atoms with Gasteiger partial charge < -0.3 is 20.1 Å². The average molecular weight is 461 g/mol. The van der Waals surface area contributed by atoms with Gasteiger partial charge in [-0.15, -0.1) is 0 Å². The summed E-state index contributed by atoms with van der Waals surface area (Å²) in [4.78, 5) is 7.92. The molecular weight excluding hydrogens is 433 g/mol. The SMILES string of the molecule is CC(C)Oc1cccc(Nc2nc(Nc3ccc(OC(C)(C)C)cc3)ncc2C(F)(F)F)c1. The molecule has 1 heterocycles. The Kier molecular flexibility index (Phi) is 7.00. The van der Waals surface area contributed by atoms with Gasteiger partial charge in [0, 0.05) is 23.6 Å². The maximum atomic E-state index is 13.6. The summed E-state index contributed by atoms with van der Waals surface area (Å²) in [6.45, 7) is 9.55. The van der Waals surface area contributed by atoms with Crippen molar-refractivity contribution in [2.45, 2.75) is 52.5 Å². The first-order valence-corrected chi connectivity index (χ1v) is 10.4. The number of rotatable bonds is 7. The van der Waals surface area contributed by atoms with E-state index in [0.717, 1.165) is 6.20 Å². The van der Waals surface area contributed by atoms with Crippen molar-refractivity contribution >= 4 is 23.1 Å². The lowest BCUT2D eigenvalue weighted by atomic mass is 10.2. The van der Waals surface area contributed by atoms with Gasteiger partial charge >= 0.3 is 6.18 Å². The summed E-state index contributed by atoms with van der Waals surface area (Å²) in [7, 11) is 0. The Labute approximate surface area is 191 Å². The van der Waals surface area contributed by atoms with Gasteiger partial charge in [0.25, 0.3) is 0 Å². The van der Waals surface area contributed by atoms with E-state index in [1.807, 2.05) is 34.6 Å². The first-order valence-electron chi connectivity index (χ1n) is 10.4. The highest BCUT2D eigenvalue weighted by atomic mass is 19.4. The number of anilines is 4. The van der Waals surface area contributed by atoms with Crippen molar-refractivity contribution in [2.24, 2.45) is 0 Å². The number of nitrogens with zero attached hydrogens (tertiary/aromatic N) is 2. The molecule has 2 aromatic carbocycles. The van der Waals surface area contributed by atoms with Crippen LogP contribution in [-0.4, -0.2) is 21.7 Å². The Morgan fingerprint density at radius 1 is 0.879 bits per heavy atom. The number of aromatic nitrogens is 2. The summed E-state index contributed by atoms with van der Waals surface area (Å²) in [5.41, 5.74) is -0.303. The molecule has 3 aromatic rings. The van der Waals surface area contributed by atoms with Gasteiger partial charge in [0.1, 0.15) is 28.5 Å². The highest BCUT2D eigenvalue weighted by Gasteiger charge is 2.35. The molecule has 2 N–H and O–H groups in total. The zero-order valence-corrected chi connectivity index (χ0v) is 19.1. The van der Waals surface area contributed by atoms with E-state index < -0.39 is 11.7 Å². The van der Waals surface area contributed by atoms with Crippen LogP contribution in [0.25, 0.3) is 0 Å². The van der Waals surface area contributed by atoms with Crippen LogP contribution in [0.1, 0.15) is 40.2 Å². The van der Waals surface area contributed by atoms with Crippen molar-refractivity contribution in [2.75, 3.05) is 10.6 Å². The van der Waals surface area contributed by atoms with E-state index in [2.05, 4.69) is 20.6 Å². The maximum Gasteiger partial charge on any atom is 0.421 e. The zero-order chi connectivity index (χ0) is 24.2. The van der Waals surface area contributed by atoms with Crippen LogP contribution in [0.2, 0.25) is 0 Å². The molecule has 0 spiro atoms. The van der Waals surface area contributed by atoms with Gasteiger partial charge in [-0.2, -0.15) is 18.2 Å². The number of ether oxygens (including phenoxy) is 2. The van der Waals surface area contributed by atoms with E-state index in [4.69, 9.17) is 9.47 Å². The first-order chi connectivity index (χ1) is 15.4. The predicted octanol–water partition coefficient (Wildman–Crippen LogP) is 6.95. The molecule has 0 radical (unpaired) electrons. The molecule has 33 heavy (non-hydrogen) atoms. The Bertz CT molecular complexity index is 1080. The number of nitrogens with one attached hydrogen (secondary N) is 2. The van der Waals surface area contributed by atoms with E-state index in [0.29, 0.717) is 22.9 Å². The van der Waals surface area contributed by atoms with E-state index in [9.17, 15) is 13.2 Å². The van der Waals surface area contributed by atoms with Gasteiger partial charge in [0.15, 0.2) is 0 Å². The minimum absolute atomic E-state index is 0.0181. The van der Waals surface area contributed by atoms with Crippen molar-refractivity contribution in [1.29, 1.82) is 0 Å². The highest BCUT2D eigenvalue weighted by molar-refractivity contribution is 5.64. The van der Waals surface area contributed by atoms with Gasteiger partial charge in [-0.1, -0.05) is 6.07 Å². The van der Waals surface area contributed by atoms with Crippen molar-refractivity contribution in [3.05, 3.63) is 60.3 Å². The fraction of sp³-hybridized carbons (Fsp3) is 0.333. The molecule has 0 saturated carbocycles. The Morgan fingerprint density at radius 2 is 1.58 bits per heavy atom. The minimum Gasteiger partial charge on any atom is -0.491 e. The Morgan fingerprint density at radius 3 is 2.18 bits per heavy atom. The van der Waals surface area contributed by atoms with Crippen LogP contribution in [0.15, 0.2) is 54.7 Å². The lowest BCUT2D eigenvalue weighted by Crippen LogP contribution is -2.22. The topological polar surface area (TPSA) is 68.3 Å². The predicted molar refractivity (Wildman–Crippen MR) is 123 cm³/mol. The van der Waals surface area contributed by atoms with E-state index in [1.54, 1.807) is 48.5 Å². The van der Waals surface area contributed by atoms with Crippen LogP contribution in [0, 0.1) is 0 Å². The standard InChI is InChI=1S/C24H27F3N4O2/c1-15(2)32-19-8-6-7-17(13-19)29-21-20(24(25,26)27)14-28-22(31-21)30-16-9-11-18(12-10-16)33-23(3,4)5/h6-15H,1-5H3,(H2,28,29,30,31). The summed E-state index contributed by atoms with van der Waals surface area (Å²) in [5.74, 6) is 0.861. The third-order valence-electron chi connectivity index (χ3n) is 4.10. The molecule has 0 saturated heterocycles. The second-order valence-electron chi connectivity index (χ2n) is 8.64. The van der Waals surface area contributed by atoms with Crippen LogP contribution in [0.4, 0.5) is 36.3 Å². The van der Waals surface area contributed by atoms with Gasteiger partial charge in [-0.05, 0) is 71.0 Å². The van der Waals surface area contributed by atoms with Crippen LogP contribution in [-0.2, 0) is 6.18 Å². The Balaban J connectivity index is 1.85. The third kappa shape index (κ3) is 7.27. The maximum absolute atomic E-state index is 13.6. The van der Waals surface area contributed by atoms with Crippen molar-refractivity contribution in [1.82, 2.24) is 9.97 Å². The highest BCUT2D eigenvalue weighted by Crippen LogP contribution is 2.36. The van der Waals surface area contributed by atoms with Gasteiger partial charge in [0.2, 0.25) is 5.95 Å². The van der Waals surface area contributed by atoms with Gasteiger partial charge in [-0.25, -0.2) is 4.98 Å². The van der Waals surface area contributed by atoms with E-state index in [-0.39, 0.29) is 23.5 Å². The number of benzene rings is 2. The number of hydrogen-bond acceptors (Lipinski definition) is 6. The average Bonchev–Trinajstić information content (AvgIpc) is 2.67. The summed E-state index contributed by atoms with van der Waals surface area (Å²) >= 11 is 0. The first kappa shape index (κ1) is 24.2. The van der Waals surface area contributed by atoms with Gasteiger partial charge in [-0.3, -0.25) is 0 Å². The summed E-state index contributed by atoms with van der Waals surface area (Å²) in [5, 5.41) is 5.67. The molecule has 6 nitrogen and oxygen atoms in total. The fourth-order valence-corrected chi connectivity index (χ4v) is 2.89. The Hall–Kier alpha value is -3.49. The molecular formula is C24H27F3N4O2. The monoisotopic (exact) mass is 460 g/mol. The summed E-state index contributed by atoms with van der Waals surface area (Å²) in [6.07, 6.45) is -3.94. The molecule has 0 aliphatic heterocycles. The second kappa shape index (κ2) is 9.56. The third-order valence-corrected chi connectivity index (χ3v) is 4.10. The van der Waals surface area contributed by atoms with Crippen LogP contribution in [0.3, 0.4) is 0 Å². The molecule has 0 unspecified atom stereocenters. The van der Waals surface area contributed by atoms with E-state index in [1.165, 1.54) is 0 Å². The quantitative estimate of drug-likeness (QED) is 0.398. The van der Waals surface area contributed by atoms with Crippen molar-refractivity contribution in [3.8, 4) is 11.5 Å². The van der Waals surface area contributed by atoms with Crippen LogP contribution >= 0.6 is 0 Å². The number of hydrogen-bond donors (Lipinski definition) is 2. The molecule has 3 rings (SSSR count).